The molecule has 0 amide bonds. The van der Waals surface area contributed by atoms with E-state index >= 15 is 0 Å². The molecule has 0 unspecified atom stereocenters. The molecule has 0 radical (unpaired) electrons. The molecule has 1 rings (SSSR count). The van der Waals surface area contributed by atoms with E-state index in [4.69, 9.17) is 9.47 Å². The summed E-state index contributed by atoms with van der Waals surface area (Å²) in [7, 11) is -3.18. The molecule has 1 aromatic carbocycles. The molecular weight excluding hydrogens is 318 g/mol. The Morgan fingerprint density at radius 3 is 2.45 bits per heavy atom. The lowest BCUT2D eigenvalue weighted by Crippen LogP contribution is -2.16. The number of hydrogen-bond donors (Lipinski definition) is 0. The van der Waals surface area contributed by atoms with E-state index in [1.807, 2.05) is 0 Å². The van der Waals surface area contributed by atoms with Gasteiger partial charge in [0.05, 0.1) is 17.9 Å². The zero-order chi connectivity index (χ0) is 16.6. The van der Waals surface area contributed by atoms with E-state index in [1.165, 1.54) is 18.2 Å². The van der Waals surface area contributed by atoms with Crippen molar-refractivity contribution in [1.82, 2.24) is 0 Å². The maximum absolute atomic E-state index is 12.6. The van der Waals surface area contributed by atoms with Gasteiger partial charge in [-0.25, -0.2) is 8.42 Å². The van der Waals surface area contributed by atoms with Crippen molar-refractivity contribution in [3.63, 3.8) is 0 Å². The summed E-state index contributed by atoms with van der Waals surface area (Å²) in [6.45, 7) is 0.721. The molecule has 0 aromatic heterocycles. The average molecular weight is 336 g/mol. The molecule has 0 fully saturated rings. The van der Waals surface area contributed by atoms with Gasteiger partial charge in [0, 0.05) is 13.7 Å². The van der Waals surface area contributed by atoms with Gasteiger partial charge >= 0.3 is 11.7 Å². The first kappa shape index (κ1) is 18.5. The lowest BCUT2D eigenvalue weighted by atomic mass is 10.1. The predicted molar refractivity (Wildman–Crippen MR) is 75.4 cm³/mol. The van der Waals surface area contributed by atoms with Gasteiger partial charge in [0.15, 0.2) is 0 Å². The Bertz CT molecular complexity index is 587. The number of esters is 1. The van der Waals surface area contributed by atoms with Gasteiger partial charge in [-0.2, -0.15) is 8.78 Å². The van der Waals surface area contributed by atoms with Crippen molar-refractivity contribution in [3.8, 4) is 0 Å². The molecule has 0 N–H and O–H groups in total. The van der Waals surface area contributed by atoms with Crippen molar-refractivity contribution in [2.24, 2.45) is 0 Å². The molecule has 0 atom stereocenters. The highest BCUT2D eigenvalue weighted by atomic mass is 32.2. The Kier molecular flexibility index (Phi) is 7.40. The lowest BCUT2D eigenvalue weighted by Gasteiger charge is -2.10. The molecule has 5 nitrogen and oxygen atoms in total. The minimum atomic E-state index is -4.74. The molecule has 0 saturated carbocycles. The van der Waals surface area contributed by atoms with E-state index in [1.54, 1.807) is 7.11 Å². The number of ether oxygens (including phenoxy) is 2. The highest BCUT2D eigenvalue weighted by Crippen LogP contribution is 2.22. The van der Waals surface area contributed by atoms with Crippen LogP contribution in [0.3, 0.4) is 0 Å². The normalized spacial score (nSPS) is 11.6. The lowest BCUT2D eigenvalue weighted by molar-refractivity contribution is -0.143. The van der Waals surface area contributed by atoms with Crippen LogP contribution >= 0.6 is 0 Å². The van der Waals surface area contributed by atoms with Crippen LogP contribution in [0, 0.1) is 0 Å². The number of unbranched alkanes of at least 4 members (excludes halogenated alkanes) is 1. The number of sulfone groups is 1. The summed E-state index contributed by atoms with van der Waals surface area (Å²) in [5.41, 5.74) is 0.00434. The van der Waals surface area contributed by atoms with Gasteiger partial charge in [0.1, 0.15) is 0 Å². The number of hydrogen-bond acceptors (Lipinski definition) is 5. The molecule has 0 saturated heterocycles. The summed E-state index contributed by atoms with van der Waals surface area (Å²) in [6.07, 6.45) is 0.961. The van der Waals surface area contributed by atoms with Gasteiger partial charge in [0.2, 0.25) is 9.84 Å². The van der Waals surface area contributed by atoms with Gasteiger partial charge in [0.25, 0.3) is 0 Å². The monoisotopic (exact) mass is 336 g/mol. The molecule has 22 heavy (non-hydrogen) atoms. The molecule has 124 valence electrons. The van der Waals surface area contributed by atoms with Crippen molar-refractivity contribution in [3.05, 3.63) is 29.8 Å². The fourth-order valence-electron chi connectivity index (χ4n) is 1.76. The summed E-state index contributed by atoms with van der Waals surface area (Å²) >= 11 is 0. The molecule has 0 aliphatic rings. The SMILES string of the molecule is COCCCCOC(=O)Cc1ccccc1S(=O)(=O)C(F)F. The van der Waals surface area contributed by atoms with E-state index in [-0.39, 0.29) is 18.6 Å². The van der Waals surface area contributed by atoms with Crippen LogP contribution in [0.5, 0.6) is 0 Å². The second kappa shape index (κ2) is 8.79. The van der Waals surface area contributed by atoms with E-state index < -0.39 is 26.5 Å². The Morgan fingerprint density at radius 2 is 1.82 bits per heavy atom. The van der Waals surface area contributed by atoms with Crippen LogP contribution in [0.25, 0.3) is 0 Å². The maximum Gasteiger partial charge on any atom is 0.341 e. The molecule has 0 heterocycles. The summed E-state index contributed by atoms with van der Waals surface area (Å²) < 4.78 is 58.1. The highest BCUT2D eigenvalue weighted by molar-refractivity contribution is 7.91. The first-order chi connectivity index (χ1) is 10.4. The number of methoxy groups -OCH3 is 1. The van der Waals surface area contributed by atoms with E-state index in [2.05, 4.69) is 0 Å². The van der Waals surface area contributed by atoms with Gasteiger partial charge in [-0.05, 0) is 24.5 Å². The summed E-state index contributed by atoms with van der Waals surface area (Å²) in [6, 6.07) is 5.19. The van der Waals surface area contributed by atoms with Crippen LogP contribution in [0.1, 0.15) is 18.4 Å². The van der Waals surface area contributed by atoms with E-state index in [9.17, 15) is 22.0 Å². The van der Waals surface area contributed by atoms with Crippen LogP contribution in [0.4, 0.5) is 8.78 Å². The first-order valence-electron chi connectivity index (χ1n) is 6.64. The molecule has 1 aromatic rings. The Labute approximate surface area is 128 Å². The summed E-state index contributed by atoms with van der Waals surface area (Å²) in [5.74, 6) is -4.19. The number of carbonyl (C=O) groups excluding carboxylic acids is 1. The third kappa shape index (κ3) is 5.34. The van der Waals surface area contributed by atoms with Gasteiger partial charge in [-0.1, -0.05) is 18.2 Å². The largest absolute Gasteiger partial charge is 0.465 e. The second-order valence-corrected chi connectivity index (χ2v) is 6.40. The van der Waals surface area contributed by atoms with Crippen LogP contribution in [-0.2, 0) is 30.5 Å². The number of alkyl halides is 2. The topological polar surface area (TPSA) is 69.7 Å². The standard InChI is InChI=1S/C14H18F2O5S/c1-20-8-4-5-9-21-13(17)10-11-6-2-3-7-12(11)22(18,19)14(15)16/h2-3,6-7,14H,4-5,8-10H2,1H3. The third-order valence-corrected chi connectivity index (χ3v) is 4.33. The Morgan fingerprint density at radius 1 is 1.18 bits per heavy atom. The minimum absolute atomic E-state index is 0.00434. The zero-order valence-corrected chi connectivity index (χ0v) is 12.9. The minimum Gasteiger partial charge on any atom is -0.465 e. The van der Waals surface area contributed by atoms with Crippen molar-refractivity contribution in [2.45, 2.75) is 29.9 Å². The number of benzene rings is 1. The summed E-state index contributed by atoms with van der Waals surface area (Å²) in [5, 5.41) is 0. The third-order valence-electron chi connectivity index (χ3n) is 2.85. The average Bonchev–Trinajstić information content (AvgIpc) is 2.47. The number of halogens is 2. The maximum atomic E-state index is 12.6. The number of rotatable bonds is 9. The van der Waals surface area contributed by atoms with E-state index in [0.717, 1.165) is 12.5 Å². The fourth-order valence-corrected chi connectivity index (χ4v) is 2.73. The Balaban J connectivity index is 2.69. The van der Waals surface area contributed by atoms with Gasteiger partial charge in [-0.3, -0.25) is 4.79 Å². The van der Waals surface area contributed by atoms with Crippen molar-refractivity contribution >= 4 is 15.8 Å². The quantitative estimate of drug-likeness (QED) is 0.511. The van der Waals surface area contributed by atoms with Gasteiger partial charge in [-0.15, -0.1) is 0 Å². The fraction of sp³-hybridized carbons (Fsp3) is 0.500. The Hall–Kier alpha value is -1.54. The molecular formula is C14H18F2O5S. The molecule has 0 spiro atoms. The summed E-state index contributed by atoms with van der Waals surface area (Å²) in [4.78, 5) is 11.1. The van der Waals surface area contributed by atoms with Crippen LogP contribution in [0.2, 0.25) is 0 Å². The first-order valence-corrected chi connectivity index (χ1v) is 8.18. The molecule has 0 aliphatic heterocycles. The van der Waals surface area contributed by atoms with Crippen molar-refractivity contribution in [1.29, 1.82) is 0 Å². The van der Waals surface area contributed by atoms with Crippen LogP contribution in [0.15, 0.2) is 29.2 Å². The zero-order valence-electron chi connectivity index (χ0n) is 12.1. The number of carbonyl (C=O) groups is 1. The molecule has 8 heteroatoms. The van der Waals surface area contributed by atoms with Crippen molar-refractivity contribution < 1.29 is 31.5 Å². The van der Waals surface area contributed by atoms with Crippen molar-refractivity contribution in [2.75, 3.05) is 20.3 Å². The second-order valence-electron chi connectivity index (χ2n) is 4.51. The van der Waals surface area contributed by atoms with E-state index in [0.29, 0.717) is 13.0 Å². The highest BCUT2D eigenvalue weighted by Gasteiger charge is 2.29. The molecule has 0 bridgehead atoms. The van der Waals surface area contributed by atoms with Crippen LogP contribution < -0.4 is 0 Å². The van der Waals surface area contributed by atoms with Crippen LogP contribution in [-0.4, -0.2) is 40.5 Å². The smallest absolute Gasteiger partial charge is 0.341 e. The van der Waals surface area contributed by atoms with Gasteiger partial charge < -0.3 is 9.47 Å². The predicted octanol–water partition coefficient (Wildman–Crippen LogP) is 2.20. The molecule has 0 aliphatic carbocycles.